The first-order valence-corrected chi connectivity index (χ1v) is 10.1. The van der Waals surface area contributed by atoms with E-state index in [1.165, 1.54) is 44.9 Å². The van der Waals surface area contributed by atoms with Crippen molar-refractivity contribution in [2.24, 2.45) is 17.8 Å². The van der Waals surface area contributed by atoms with Gasteiger partial charge in [0.1, 0.15) is 11.3 Å². The standard InChI is InChI=1S/C22H27F3O/c1-2-13-3-5-14(6-4-13)15-7-9-16(10-8-15)19-11-17-20(26-19)12-18(23)22(25)21(17)24/h11-16H,2-10H2,1H3. The van der Waals surface area contributed by atoms with Gasteiger partial charge in [0.2, 0.25) is 0 Å². The van der Waals surface area contributed by atoms with Crippen molar-refractivity contribution < 1.29 is 17.6 Å². The van der Waals surface area contributed by atoms with E-state index in [9.17, 15) is 13.2 Å². The largest absolute Gasteiger partial charge is 0.461 e. The summed E-state index contributed by atoms with van der Waals surface area (Å²) >= 11 is 0. The first kappa shape index (κ1) is 17.9. The van der Waals surface area contributed by atoms with E-state index in [1.807, 2.05) is 0 Å². The van der Waals surface area contributed by atoms with Crippen LogP contribution >= 0.6 is 0 Å². The van der Waals surface area contributed by atoms with E-state index in [2.05, 4.69) is 6.92 Å². The predicted molar refractivity (Wildman–Crippen MR) is 96.5 cm³/mol. The molecule has 2 aromatic rings. The van der Waals surface area contributed by atoms with E-state index >= 15 is 0 Å². The topological polar surface area (TPSA) is 13.1 Å². The van der Waals surface area contributed by atoms with Crippen LogP contribution in [0.4, 0.5) is 13.2 Å². The molecule has 26 heavy (non-hydrogen) atoms. The average Bonchev–Trinajstić information content (AvgIpc) is 3.10. The van der Waals surface area contributed by atoms with Gasteiger partial charge in [0.15, 0.2) is 17.5 Å². The second kappa shape index (κ2) is 7.28. The van der Waals surface area contributed by atoms with Gasteiger partial charge in [0, 0.05) is 12.0 Å². The Morgan fingerprint density at radius 3 is 2.08 bits per heavy atom. The van der Waals surface area contributed by atoms with Gasteiger partial charge in [0.25, 0.3) is 0 Å². The van der Waals surface area contributed by atoms with Crippen LogP contribution in [-0.2, 0) is 0 Å². The molecule has 1 heterocycles. The molecule has 0 radical (unpaired) electrons. The van der Waals surface area contributed by atoms with Crippen LogP contribution in [0.5, 0.6) is 0 Å². The minimum Gasteiger partial charge on any atom is -0.461 e. The molecular weight excluding hydrogens is 337 g/mol. The van der Waals surface area contributed by atoms with Crippen LogP contribution in [0.1, 0.15) is 76.4 Å². The second-order valence-electron chi connectivity index (χ2n) is 8.35. The van der Waals surface area contributed by atoms with Gasteiger partial charge >= 0.3 is 0 Å². The summed E-state index contributed by atoms with van der Waals surface area (Å²) in [6.45, 7) is 2.30. The number of rotatable bonds is 3. The molecule has 1 nitrogen and oxygen atoms in total. The summed E-state index contributed by atoms with van der Waals surface area (Å²) in [5, 5.41) is 0.0545. The molecule has 142 valence electrons. The van der Waals surface area contributed by atoms with Crippen molar-refractivity contribution in [2.45, 2.75) is 70.6 Å². The third-order valence-corrected chi connectivity index (χ3v) is 6.99. The van der Waals surface area contributed by atoms with Gasteiger partial charge in [-0.1, -0.05) is 26.2 Å². The Balaban J connectivity index is 1.42. The van der Waals surface area contributed by atoms with E-state index in [-0.39, 0.29) is 16.9 Å². The SMILES string of the molecule is CCC1CCC(C2CCC(c3cc4c(F)c(F)c(F)cc4o3)CC2)CC1. The molecule has 2 fully saturated rings. The maximum atomic E-state index is 13.9. The van der Waals surface area contributed by atoms with Gasteiger partial charge in [-0.25, -0.2) is 13.2 Å². The molecule has 2 aliphatic carbocycles. The van der Waals surface area contributed by atoms with Crippen molar-refractivity contribution in [3.8, 4) is 0 Å². The molecule has 0 aliphatic heterocycles. The maximum Gasteiger partial charge on any atom is 0.195 e. The van der Waals surface area contributed by atoms with Crippen LogP contribution in [0.2, 0.25) is 0 Å². The highest BCUT2D eigenvalue weighted by atomic mass is 19.2. The fraction of sp³-hybridized carbons (Fsp3) is 0.636. The molecule has 0 spiro atoms. The van der Waals surface area contributed by atoms with E-state index in [0.29, 0.717) is 5.76 Å². The second-order valence-corrected chi connectivity index (χ2v) is 8.35. The third-order valence-electron chi connectivity index (χ3n) is 6.99. The molecule has 1 aromatic heterocycles. The van der Waals surface area contributed by atoms with Crippen molar-refractivity contribution in [3.63, 3.8) is 0 Å². The molecule has 0 unspecified atom stereocenters. The molecular formula is C22H27F3O. The Kier molecular flexibility index (Phi) is 5.02. The Morgan fingerprint density at radius 1 is 0.846 bits per heavy atom. The molecule has 2 aliphatic rings. The van der Waals surface area contributed by atoms with Gasteiger partial charge < -0.3 is 4.42 Å². The van der Waals surface area contributed by atoms with Crippen LogP contribution in [0.3, 0.4) is 0 Å². The Morgan fingerprint density at radius 2 is 1.46 bits per heavy atom. The number of halogens is 3. The van der Waals surface area contributed by atoms with Crippen molar-refractivity contribution in [3.05, 3.63) is 35.3 Å². The fourth-order valence-electron chi connectivity index (χ4n) is 5.25. The van der Waals surface area contributed by atoms with E-state index in [1.54, 1.807) is 6.07 Å². The number of fused-ring (bicyclic) bond motifs is 1. The van der Waals surface area contributed by atoms with Gasteiger partial charge in [-0.05, 0) is 62.3 Å². The van der Waals surface area contributed by atoms with Crippen LogP contribution in [0, 0.1) is 35.2 Å². The van der Waals surface area contributed by atoms with Gasteiger partial charge in [-0.15, -0.1) is 0 Å². The number of hydrogen-bond acceptors (Lipinski definition) is 1. The molecule has 0 amide bonds. The minimum atomic E-state index is -1.42. The fourth-order valence-corrected chi connectivity index (χ4v) is 5.25. The first-order valence-electron chi connectivity index (χ1n) is 10.1. The van der Waals surface area contributed by atoms with Gasteiger partial charge in [0.05, 0.1) is 5.39 Å². The molecule has 0 atom stereocenters. The van der Waals surface area contributed by atoms with Crippen LogP contribution < -0.4 is 0 Å². The Labute approximate surface area is 153 Å². The molecule has 4 rings (SSSR count). The highest BCUT2D eigenvalue weighted by Crippen LogP contribution is 2.45. The maximum absolute atomic E-state index is 13.9. The third kappa shape index (κ3) is 3.27. The number of furan rings is 1. The number of hydrogen-bond donors (Lipinski definition) is 0. The molecule has 4 heteroatoms. The van der Waals surface area contributed by atoms with Gasteiger partial charge in [-0.2, -0.15) is 0 Å². The lowest BCUT2D eigenvalue weighted by molar-refractivity contribution is 0.155. The Bertz CT molecular complexity index is 765. The van der Waals surface area contributed by atoms with Crippen LogP contribution in [0.15, 0.2) is 16.5 Å². The highest BCUT2D eigenvalue weighted by Gasteiger charge is 2.32. The summed E-state index contributed by atoms with van der Waals surface area (Å²) in [7, 11) is 0. The summed E-state index contributed by atoms with van der Waals surface area (Å²) < 4.78 is 46.4. The summed E-state index contributed by atoms with van der Waals surface area (Å²) in [5.41, 5.74) is 0.108. The summed E-state index contributed by atoms with van der Waals surface area (Å²) in [6, 6.07) is 2.53. The molecule has 0 N–H and O–H groups in total. The lowest BCUT2D eigenvalue weighted by Crippen LogP contribution is -2.25. The Hall–Kier alpha value is -1.45. The van der Waals surface area contributed by atoms with Gasteiger partial charge in [-0.3, -0.25) is 0 Å². The van der Waals surface area contributed by atoms with Crippen LogP contribution in [-0.4, -0.2) is 0 Å². The summed E-state index contributed by atoms with van der Waals surface area (Å²) in [5.74, 6) is -0.271. The zero-order valence-corrected chi connectivity index (χ0v) is 15.4. The van der Waals surface area contributed by atoms with Crippen molar-refractivity contribution in [2.75, 3.05) is 0 Å². The van der Waals surface area contributed by atoms with Crippen molar-refractivity contribution >= 4 is 11.0 Å². The van der Waals surface area contributed by atoms with E-state index in [4.69, 9.17) is 4.42 Å². The van der Waals surface area contributed by atoms with Crippen LogP contribution in [0.25, 0.3) is 11.0 Å². The monoisotopic (exact) mass is 364 g/mol. The van der Waals surface area contributed by atoms with Crippen molar-refractivity contribution in [1.82, 2.24) is 0 Å². The molecule has 0 bridgehead atoms. The minimum absolute atomic E-state index is 0.0545. The summed E-state index contributed by atoms with van der Waals surface area (Å²) in [4.78, 5) is 0. The summed E-state index contributed by atoms with van der Waals surface area (Å²) in [6.07, 6.45) is 11.2. The lowest BCUT2D eigenvalue weighted by Gasteiger charge is -2.37. The lowest BCUT2D eigenvalue weighted by atomic mass is 9.68. The van der Waals surface area contributed by atoms with E-state index < -0.39 is 17.5 Å². The smallest absolute Gasteiger partial charge is 0.195 e. The zero-order valence-electron chi connectivity index (χ0n) is 15.4. The van der Waals surface area contributed by atoms with Crippen molar-refractivity contribution in [1.29, 1.82) is 0 Å². The normalized spacial score (nSPS) is 30.0. The first-order chi connectivity index (χ1) is 12.6. The number of benzene rings is 1. The molecule has 1 aromatic carbocycles. The predicted octanol–water partition coefficient (Wildman–Crippen LogP) is 7.34. The molecule has 0 saturated heterocycles. The van der Waals surface area contributed by atoms with E-state index in [0.717, 1.165) is 36.7 Å². The molecule has 2 saturated carbocycles. The zero-order chi connectivity index (χ0) is 18.3. The average molecular weight is 364 g/mol. The quantitative estimate of drug-likeness (QED) is 0.519. The highest BCUT2D eigenvalue weighted by molar-refractivity contribution is 5.79.